The third-order valence-corrected chi connectivity index (χ3v) is 6.77. The molecule has 0 radical (unpaired) electrons. The van der Waals surface area contributed by atoms with Gasteiger partial charge in [-0.25, -0.2) is 0 Å². The molecule has 0 aliphatic rings. The minimum atomic E-state index is -0.548. The number of nitrogens with one attached hydrogen (secondary N) is 2. The lowest BCUT2D eigenvalue weighted by atomic mass is 9.94. The van der Waals surface area contributed by atoms with E-state index in [-0.39, 0.29) is 11.7 Å². The Bertz CT molecular complexity index is 702. The lowest BCUT2D eigenvalue weighted by molar-refractivity contribution is -0.119. The minimum absolute atomic E-state index is 0.0749. The zero-order chi connectivity index (χ0) is 18.1. The molecule has 2 aromatic rings. The van der Waals surface area contributed by atoms with Crippen LogP contribution in [0.3, 0.4) is 0 Å². The predicted molar refractivity (Wildman–Crippen MR) is 107 cm³/mol. The van der Waals surface area contributed by atoms with E-state index in [9.17, 15) is 4.79 Å². The molecule has 134 valence electrons. The Hall–Kier alpha value is -1.56. The summed E-state index contributed by atoms with van der Waals surface area (Å²) >= 11 is 4.59. The molecule has 25 heavy (non-hydrogen) atoms. The second kappa shape index (κ2) is 9.80. The number of hydrogen-bond donors (Lipinski definition) is 2. The molecular formula is C17H22N4OS3. The van der Waals surface area contributed by atoms with E-state index in [0.29, 0.717) is 12.8 Å². The van der Waals surface area contributed by atoms with E-state index in [1.54, 1.807) is 11.3 Å². The van der Waals surface area contributed by atoms with Crippen molar-refractivity contribution in [1.29, 1.82) is 0 Å². The Morgan fingerprint density at radius 2 is 2.20 bits per heavy atom. The average molecular weight is 395 g/mol. The minimum Gasteiger partial charge on any atom is -0.360 e. The fraction of sp³-hybridized carbons (Fsp3) is 0.471. The van der Waals surface area contributed by atoms with Crippen molar-refractivity contribution in [2.45, 2.75) is 43.0 Å². The molecule has 0 bridgehead atoms. The fourth-order valence-corrected chi connectivity index (χ4v) is 4.47. The van der Waals surface area contributed by atoms with Gasteiger partial charge < -0.3 is 10.6 Å². The molecule has 8 heteroatoms. The van der Waals surface area contributed by atoms with Crippen LogP contribution in [0, 0.1) is 12.3 Å². The molecule has 1 amide bonds. The summed E-state index contributed by atoms with van der Waals surface area (Å²) < 4.78 is 0.771. The first kappa shape index (κ1) is 19.8. The van der Waals surface area contributed by atoms with Gasteiger partial charge in [0.25, 0.3) is 0 Å². The van der Waals surface area contributed by atoms with Gasteiger partial charge in [-0.1, -0.05) is 48.9 Å². The normalized spacial score (nSPS) is 11.1. The molecule has 0 unspecified atom stereocenters. The van der Waals surface area contributed by atoms with Crippen molar-refractivity contribution in [2.75, 3.05) is 17.6 Å². The first-order valence-corrected chi connectivity index (χ1v) is 10.8. The van der Waals surface area contributed by atoms with Gasteiger partial charge in [0.2, 0.25) is 11.0 Å². The molecule has 0 saturated carbocycles. The van der Waals surface area contributed by atoms with Crippen LogP contribution in [0.1, 0.15) is 31.6 Å². The van der Waals surface area contributed by atoms with Crippen molar-refractivity contribution in [3.05, 3.63) is 22.4 Å². The molecule has 2 N–H and O–H groups in total. The van der Waals surface area contributed by atoms with Crippen LogP contribution in [0.15, 0.2) is 21.9 Å². The van der Waals surface area contributed by atoms with Crippen molar-refractivity contribution < 1.29 is 4.79 Å². The molecule has 2 heterocycles. The van der Waals surface area contributed by atoms with E-state index < -0.39 is 5.54 Å². The van der Waals surface area contributed by atoms with E-state index in [4.69, 9.17) is 6.42 Å². The highest BCUT2D eigenvalue weighted by Gasteiger charge is 2.25. The molecule has 0 fully saturated rings. The van der Waals surface area contributed by atoms with E-state index in [1.807, 2.05) is 13.8 Å². The number of aromatic nitrogens is 2. The highest BCUT2D eigenvalue weighted by molar-refractivity contribution is 8.01. The lowest BCUT2D eigenvalue weighted by Crippen LogP contribution is -2.47. The summed E-state index contributed by atoms with van der Waals surface area (Å²) in [7, 11) is 0. The molecule has 0 saturated heterocycles. The Labute approximate surface area is 161 Å². The molecule has 5 nitrogen and oxygen atoms in total. The summed E-state index contributed by atoms with van der Waals surface area (Å²) in [6.45, 7) is 4.78. The molecule has 0 spiro atoms. The number of terminal acetylenes is 1. The van der Waals surface area contributed by atoms with Crippen LogP contribution in [0.2, 0.25) is 0 Å². The van der Waals surface area contributed by atoms with Crippen LogP contribution in [0.5, 0.6) is 0 Å². The summed E-state index contributed by atoms with van der Waals surface area (Å²) in [6.07, 6.45) is 7.96. The Morgan fingerprint density at radius 1 is 1.40 bits per heavy atom. The summed E-state index contributed by atoms with van der Waals surface area (Å²) in [5.74, 6) is 2.92. The van der Waals surface area contributed by atoms with Crippen LogP contribution in [-0.2, 0) is 11.2 Å². The first-order chi connectivity index (χ1) is 12.1. The molecule has 0 aliphatic carbocycles. The number of hydrogen-bond acceptors (Lipinski definition) is 7. The number of thiophene rings is 1. The maximum absolute atomic E-state index is 12.1. The van der Waals surface area contributed by atoms with Crippen molar-refractivity contribution in [1.82, 2.24) is 15.5 Å². The Kier molecular flexibility index (Phi) is 7.75. The molecule has 0 atom stereocenters. The third kappa shape index (κ3) is 6.03. The standard InChI is InChI=1S/C17H22N4OS3/c1-4-17(5-2,6-3)19-14(22)12-24-16-21-20-15(25-16)18-10-9-13-8-7-11-23-13/h1,7-8,11H,5-6,9-10,12H2,2-3H3,(H,18,20)(H,19,22). The fourth-order valence-electron chi connectivity index (χ4n) is 2.18. The number of rotatable bonds is 10. The van der Waals surface area contributed by atoms with Gasteiger partial charge in [0.1, 0.15) is 5.54 Å². The number of anilines is 1. The number of nitrogens with zero attached hydrogens (tertiary/aromatic N) is 2. The van der Waals surface area contributed by atoms with Gasteiger partial charge in [-0.15, -0.1) is 28.0 Å². The van der Waals surface area contributed by atoms with Gasteiger partial charge in [-0.3, -0.25) is 4.79 Å². The number of carbonyl (C=O) groups is 1. The molecule has 2 rings (SSSR count). The van der Waals surface area contributed by atoms with E-state index >= 15 is 0 Å². The van der Waals surface area contributed by atoms with Crippen molar-refractivity contribution in [3.63, 3.8) is 0 Å². The van der Waals surface area contributed by atoms with Gasteiger partial charge in [-0.2, -0.15) is 0 Å². The average Bonchev–Trinajstić information content (AvgIpc) is 3.30. The molecule has 0 aromatic carbocycles. The zero-order valence-corrected chi connectivity index (χ0v) is 16.8. The lowest BCUT2D eigenvalue weighted by Gasteiger charge is -2.26. The van der Waals surface area contributed by atoms with E-state index in [0.717, 1.165) is 22.4 Å². The van der Waals surface area contributed by atoms with Gasteiger partial charge in [0, 0.05) is 11.4 Å². The smallest absolute Gasteiger partial charge is 0.231 e. The quantitative estimate of drug-likeness (QED) is 0.476. The molecule has 0 aliphatic heterocycles. The maximum Gasteiger partial charge on any atom is 0.231 e. The second-order valence-electron chi connectivity index (χ2n) is 5.40. The Balaban J connectivity index is 1.75. The van der Waals surface area contributed by atoms with Crippen molar-refractivity contribution >= 4 is 45.5 Å². The van der Waals surface area contributed by atoms with Crippen molar-refractivity contribution in [2.24, 2.45) is 0 Å². The van der Waals surface area contributed by atoms with Gasteiger partial charge in [-0.05, 0) is 30.7 Å². The van der Waals surface area contributed by atoms with Crippen molar-refractivity contribution in [3.8, 4) is 12.3 Å². The number of thioether (sulfide) groups is 1. The SMILES string of the molecule is C#CC(CC)(CC)NC(=O)CSc1nnc(NCCc2cccs2)s1. The highest BCUT2D eigenvalue weighted by Crippen LogP contribution is 2.25. The number of amides is 1. The summed E-state index contributed by atoms with van der Waals surface area (Å²) in [6, 6.07) is 4.17. The molecule has 2 aromatic heterocycles. The van der Waals surface area contributed by atoms with Crippen LogP contribution < -0.4 is 10.6 Å². The largest absolute Gasteiger partial charge is 0.360 e. The first-order valence-electron chi connectivity index (χ1n) is 8.12. The predicted octanol–water partition coefficient (Wildman–Crippen LogP) is 3.65. The zero-order valence-electron chi connectivity index (χ0n) is 14.4. The second-order valence-corrected chi connectivity index (χ2v) is 8.63. The van der Waals surface area contributed by atoms with E-state index in [2.05, 4.69) is 44.3 Å². The maximum atomic E-state index is 12.1. The van der Waals surface area contributed by atoms with Gasteiger partial charge >= 0.3 is 0 Å². The summed E-state index contributed by atoms with van der Waals surface area (Å²) in [5.41, 5.74) is -0.548. The van der Waals surface area contributed by atoms with Crippen LogP contribution in [-0.4, -0.2) is 33.9 Å². The number of carbonyl (C=O) groups excluding carboxylic acids is 1. The van der Waals surface area contributed by atoms with Gasteiger partial charge in [0.05, 0.1) is 5.75 Å². The monoisotopic (exact) mass is 394 g/mol. The Morgan fingerprint density at radius 3 is 2.84 bits per heavy atom. The summed E-state index contributed by atoms with van der Waals surface area (Å²) in [5, 5.41) is 17.3. The van der Waals surface area contributed by atoms with Crippen LogP contribution >= 0.6 is 34.4 Å². The van der Waals surface area contributed by atoms with Crippen LogP contribution in [0.25, 0.3) is 0 Å². The van der Waals surface area contributed by atoms with E-state index in [1.165, 1.54) is 28.0 Å². The summed E-state index contributed by atoms with van der Waals surface area (Å²) in [4.78, 5) is 13.5. The van der Waals surface area contributed by atoms with Gasteiger partial charge in [0.15, 0.2) is 4.34 Å². The molecular weight excluding hydrogens is 372 g/mol. The third-order valence-electron chi connectivity index (χ3n) is 3.82. The van der Waals surface area contributed by atoms with Crippen LogP contribution in [0.4, 0.5) is 5.13 Å². The highest BCUT2D eigenvalue weighted by atomic mass is 32.2. The topological polar surface area (TPSA) is 66.9 Å².